The monoisotopic (exact) mass is 260 g/mol. The molecule has 0 bridgehead atoms. The van der Waals surface area contributed by atoms with Crippen LogP contribution in [-0.2, 0) is 0 Å². The summed E-state index contributed by atoms with van der Waals surface area (Å²) in [4.78, 5) is 2.72. The Bertz CT molecular complexity index is 317. The molecule has 0 atom stereocenters. The van der Waals surface area contributed by atoms with Gasteiger partial charge >= 0.3 is 0 Å². The number of thioether (sulfide) groups is 1. The normalized spacial score (nSPS) is 10.9. The van der Waals surface area contributed by atoms with Gasteiger partial charge < -0.3 is 10.2 Å². The van der Waals surface area contributed by atoms with Crippen molar-refractivity contribution < 1.29 is 8.78 Å². The van der Waals surface area contributed by atoms with Crippen molar-refractivity contribution in [2.24, 2.45) is 0 Å². The highest BCUT2D eigenvalue weighted by Gasteiger charge is 2.05. The lowest BCUT2D eigenvalue weighted by molar-refractivity contribution is 0.252. The maximum atomic E-state index is 12.1. The van der Waals surface area contributed by atoms with Crippen molar-refractivity contribution in [3.8, 4) is 0 Å². The molecule has 0 saturated heterocycles. The fraction of sp³-hybridized carbons (Fsp3) is 0.500. The van der Waals surface area contributed by atoms with Crippen molar-refractivity contribution in [3.63, 3.8) is 0 Å². The Hall–Kier alpha value is -0.810. The Morgan fingerprint density at radius 2 is 1.94 bits per heavy atom. The number of alkyl halides is 2. The van der Waals surface area contributed by atoms with Gasteiger partial charge in [-0.05, 0) is 44.3 Å². The summed E-state index contributed by atoms with van der Waals surface area (Å²) in [5, 5.41) is 3.09. The summed E-state index contributed by atoms with van der Waals surface area (Å²) in [7, 11) is 3.93. The van der Waals surface area contributed by atoms with Crippen molar-refractivity contribution in [3.05, 3.63) is 24.3 Å². The summed E-state index contributed by atoms with van der Waals surface area (Å²) in [6.45, 7) is 1.92. The first kappa shape index (κ1) is 14.3. The molecule has 17 heavy (non-hydrogen) atoms. The molecule has 1 N–H and O–H groups in total. The SMILES string of the molecule is CNCCCN(C)c1ccc(SC(F)F)cc1. The smallest absolute Gasteiger partial charge is 0.288 e. The van der Waals surface area contributed by atoms with Gasteiger partial charge in [-0.2, -0.15) is 8.78 Å². The Balaban J connectivity index is 2.48. The number of halogens is 2. The van der Waals surface area contributed by atoms with Gasteiger partial charge in [0.25, 0.3) is 5.76 Å². The number of rotatable bonds is 7. The summed E-state index contributed by atoms with van der Waals surface area (Å²) in [5.41, 5.74) is 1.06. The Labute approximate surface area is 105 Å². The van der Waals surface area contributed by atoms with Crippen LogP contribution in [0.3, 0.4) is 0 Å². The van der Waals surface area contributed by atoms with E-state index in [-0.39, 0.29) is 0 Å². The fourth-order valence-corrected chi connectivity index (χ4v) is 2.00. The number of nitrogens with zero attached hydrogens (tertiary/aromatic N) is 1. The summed E-state index contributed by atoms with van der Waals surface area (Å²) in [6.07, 6.45) is 1.06. The summed E-state index contributed by atoms with van der Waals surface area (Å²) in [6, 6.07) is 7.23. The molecule has 0 aliphatic rings. The third-order valence-electron chi connectivity index (χ3n) is 2.42. The van der Waals surface area contributed by atoms with Crippen LogP contribution in [0.5, 0.6) is 0 Å². The van der Waals surface area contributed by atoms with Gasteiger partial charge in [0.05, 0.1) is 0 Å². The van der Waals surface area contributed by atoms with Gasteiger partial charge in [0.1, 0.15) is 0 Å². The van der Waals surface area contributed by atoms with Crippen LogP contribution in [0.1, 0.15) is 6.42 Å². The van der Waals surface area contributed by atoms with Crippen LogP contribution in [-0.4, -0.2) is 32.9 Å². The quantitative estimate of drug-likeness (QED) is 0.599. The first-order valence-electron chi connectivity index (χ1n) is 5.54. The lowest BCUT2D eigenvalue weighted by Gasteiger charge is -2.19. The molecule has 0 amide bonds. The standard InChI is InChI=1S/C12H18F2N2S/c1-15-8-3-9-16(2)10-4-6-11(7-5-10)17-12(13)14/h4-7,12,15H,3,8-9H2,1-2H3. The minimum atomic E-state index is -2.35. The molecule has 0 fully saturated rings. The van der Waals surface area contributed by atoms with Gasteiger partial charge in [-0.3, -0.25) is 0 Å². The molecule has 0 radical (unpaired) electrons. The lowest BCUT2D eigenvalue weighted by Crippen LogP contribution is -2.22. The highest BCUT2D eigenvalue weighted by atomic mass is 32.2. The molecule has 0 unspecified atom stereocenters. The van der Waals surface area contributed by atoms with E-state index in [1.165, 1.54) is 0 Å². The van der Waals surface area contributed by atoms with Crippen LogP contribution in [0.25, 0.3) is 0 Å². The van der Waals surface area contributed by atoms with Crippen molar-refractivity contribution in [1.29, 1.82) is 0 Å². The van der Waals surface area contributed by atoms with Crippen molar-refractivity contribution in [1.82, 2.24) is 5.32 Å². The topological polar surface area (TPSA) is 15.3 Å². The van der Waals surface area contributed by atoms with Gasteiger partial charge in [-0.15, -0.1) is 0 Å². The molecule has 1 rings (SSSR count). The predicted molar refractivity (Wildman–Crippen MR) is 70.1 cm³/mol. The zero-order valence-corrected chi connectivity index (χ0v) is 10.9. The number of hydrogen-bond acceptors (Lipinski definition) is 3. The minimum Gasteiger partial charge on any atom is -0.375 e. The number of hydrogen-bond donors (Lipinski definition) is 1. The van der Waals surface area contributed by atoms with Crippen molar-refractivity contribution in [2.75, 3.05) is 32.1 Å². The highest BCUT2D eigenvalue weighted by molar-refractivity contribution is 7.99. The zero-order valence-electron chi connectivity index (χ0n) is 10.1. The molecule has 0 aliphatic carbocycles. The second kappa shape index (κ2) is 7.50. The fourth-order valence-electron chi connectivity index (χ4n) is 1.50. The molecule has 1 aromatic rings. The van der Waals surface area contributed by atoms with E-state index < -0.39 is 5.76 Å². The van der Waals surface area contributed by atoms with E-state index in [2.05, 4.69) is 10.2 Å². The van der Waals surface area contributed by atoms with Crippen molar-refractivity contribution >= 4 is 17.4 Å². The highest BCUT2D eigenvalue weighted by Crippen LogP contribution is 2.26. The van der Waals surface area contributed by atoms with Gasteiger partial charge in [0.2, 0.25) is 0 Å². The molecule has 0 spiro atoms. The number of nitrogens with one attached hydrogen (secondary N) is 1. The number of anilines is 1. The predicted octanol–water partition coefficient (Wildman–Crippen LogP) is 3.05. The Kier molecular flexibility index (Phi) is 6.29. The Morgan fingerprint density at radius 3 is 2.47 bits per heavy atom. The number of benzene rings is 1. The Morgan fingerprint density at radius 1 is 1.29 bits per heavy atom. The van der Waals surface area contributed by atoms with Crippen LogP contribution >= 0.6 is 11.8 Å². The molecule has 5 heteroatoms. The molecule has 96 valence electrons. The average Bonchev–Trinajstić information content (AvgIpc) is 2.29. The summed E-state index contributed by atoms with van der Waals surface area (Å²) < 4.78 is 24.3. The summed E-state index contributed by atoms with van der Waals surface area (Å²) >= 11 is 0.578. The first-order valence-corrected chi connectivity index (χ1v) is 6.42. The van der Waals surface area contributed by atoms with Gasteiger partial charge in [-0.1, -0.05) is 11.8 Å². The lowest BCUT2D eigenvalue weighted by atomic mass is 10.3. The van der Waals surface area contributed by atoms with Crippen LogP contribution in [0, 0.1) is 0 Å². The van der Waals surface area contributed by atoms with E-state index in [0.717, 1.165) is 25.2 Å². The van der Waals surface area contributed by atoms with Crippen molar-refractivity contribution in [2.45, 2.75) is 17.1 Å². The first-order chi connectivity index (χ1) is 8.13. The average molecular weight is 260 g/mol. The van der Waals surface area contributed by atoms with Crippen LogP contribution < -0.4 is 10.2 Å². The van der Waals surface area contributed by atoms with Gasteiger partial charge in [0.15, 0.2) is 0 Å². The molecule has 1 aromatic carbocycles. The van der Waals surface area contributed by atoms with E-state index in [0.29, 0.717) is 16.7 Å². The summed E-state index contributed by atoms with van der Waals surface area (Å²) in [5.74, 6) is -2.35. The van der Waals surface area contributed by atoms with Gasteiger partial charge in [-0.25, -0.2) is 0 Å². The van der Waals surface area contributed by atoms with Crippen LogP contribution in [0.2, 0.25) is 0 Å². The molecular weight excluding hydrogens is 242 g/mol. The van der Waals surface area contributed by atoms with E-state index in [1.807, 2.05) is 26.2 Å². The zero-order chi connectivity index (χ0) is 12.7. The molecule has 0 aliphatic heterocycles. The second-order valence-electron chi connectivity index (χ2n) is 3.75. The third kappa shape index (κ3) is 5.37. The van der Waals surface area contributed by atoms with E-state index in [1.54, 1.807) is 12.1 Å². The third-order valence-corrected chi connectivity index (χ3v) is 3.15. The molecule has 0 heterocycles. The second-order valence-corrected chi connectivity index (χ2v) is 4.81. The van der Waals surface area contributed by atoms with E-state index in [4.69, 9.17) is 0 Å². The van der Waals surface area contributed by atoms with Crippen LogP contribution in [0.4, 0.5) is 14.5 Å². The van der Waals surface area contributed by atoms with Crippen LogP contribution in [0.15, 0.2) is 29.2 Å². The van der Waals surface area contributed by atoms with Gasteiger partial charge in [0, 0.05) is 24.2 Å². The molecular formula is C12H18F2N2S. The molecule has 0 saturated carbocycles. The molecule has 0 aromatic heterocycles. The molecule has 2 nitrogen and oxygen atoms in total. The van der Waals surface area contributed by atoms with E-state index >= 15 is 0 Å². The van der Waals surface area contributed by atoms with E-state index in [9.17, 15) is 8.78 Å². The maximum absolute atomic E-state index is 12.1. The maximum Gasteiger partial charge on any atom is 0.288 e. The minimum absolute atomic E-state index is 0.578. The largest absolute Gasteiger partial charge is 0.375 e.